The molecule has 1 N–H and O–H groups in total. The molecule has 0 saturated carbocycles. The molecule has 1 saturated heterocycles. The van der Waals surface area contributed by atoms with Crippen molar-refractivity contribution in [3.8, 4) is 5.75 Å². The Labute approximate surface area is 162 Å². The van der Waals surface area contributed by atoms with E-state index in [1.54, 1.807) is 36.4 Å². The molecule has 142 valence electrons. The zero-order valence-electron chi connectivity index (χ0n) is 14.4. The molecule has 0 aliphatic carbocycles. The molecular formula is C19H18ClNO5S. The van der Waals surface area contributed by atoms with E-state index < -0.39 is 15.8 Å². The summed E-state index contributed by atoms with van der Waals surface area (Å²) in [5.41, 5.74) is 1.03. The van der Waals surface area contributed by atoms with Crippen molar-refractivity contribution in [3.63, 3.8) is 0 Å². The molecule has 1 amide bonds. The van der Waals surface area contributed by atoms with Gasteiger partial charge in [0.2, 0.25) is 0 Å². The number of halogens is 1. The molecular weight excluding hydrogens is 390 g/mol. The zero-order valence-corrected chi connectivity index (χ0v) is 15.9. The summed E-state index contributed by atoms with van der Waals surface area (Å²) < 4.78 is 28.1. The van der Waals surface area contributed by atoms with E-state index >= 15 is 0 Å². The van der Waals surface area contributed by atoms with Crippen molar-refractivity contribution in [1.29, 1.82) is 0 Å². The number of amides is 1. The molecule has 1 aliphatic rings. The van der Waals surface area contributed by atoms with Crippen molar-refractivity contribution in [2.45, 2.75) is 12.8 Å². The van der Waals surface area contributed by atoms with Crippen LogP contribution >= 0.6 is 11.6 Å². The van der Waals surface area contributed by atoms with E-state index in [-0.39, 0.29) is 29.8 Å². The Bertz CT molecular complexity index is 939. The lowest BCUT2D eigenvalue weighted by atomic mass is 10.1. The Kier molecular flexibility index (Phi) is 5.82. The zero-order chi connectivity index (χ0) is 19.4. The van der Waals surface area contributed by atoms with Crippen molar-refractivity contribution in [1.82, 2.24) is 0 Å². The van der Waals surface area contributed by atoms with Gasteiger partial charge < -0.3 is 10.1 Å². The van der Waals surface area contributed by atoms with E-state index in [0.717, 1.165) is 0 Å². The van der Waals surface area contributed by atoms with E-state index in [1.165, 1.54) is 12.1 Å². The van der Waals surface area contributed by atoms with Crippen LogP contribution in [-0.4, -0.2) is 31.8 Å². The summed E-state index contributed by atoms with van der Waals surface area (Å²) in [6.07, 6.45) is 0.555. The molecule has 0 aromatic heterocycles. The number of esters is 1. The highest BCUT2D eigenvalue weighted by molar-refractivity contribution is 7.91. The van der Waals surface area contributed by atoms with Crippen LogP contribution in [0.4, 0.5) is 5.69 Å². The van der Waals surface area contributed by atoms with Crippen molar-refractivity contribution >= 4 is 39.0 Å². The maximum absolute atomic E-state index is 12.2. The Balaban J connectivity index is 1.54. The minimum Gasteiger partial charge on any atom is -0.427 e. The molecule has 8 heteroatoms. The number of benzene rings is 2. The maximum atomic E-state index is 12.2. The molecule has 0 spiro atoms. The standard InChI is InChI=1S/C19H18ClNO5S/c20-15-3-5-16(6-4-15)21-19(23)14-1-7-17(8-2-14)26-18(22)11-13-9-10-27(24,25)12-13/h1-8,13H,9-12H2,(H,21,23)/t13-/m0/s1. The van der Waals surface area contributed by atoms with Gasteiger partial charge in [-0.15, -0.1) is 0 Å². The Morgan fingerprint density at radius 3 is 2.33 bits per heavy atom. The molecule has 27 heavy (non-hydrogen) atoms. The van der Waals surface area contributed by atoms with Gasteiger partial charge in [0.15, 0.2) is 9.84 Å². The molecule has 1 aliphatic heterocycles. The fourth-order valence-corrected chi connectivity index (χ4v) is 4.84. The third-order valence-electron chi connectivity index (χ3n) is 4.23. The molecule has 2 aromatic carbocycles. The van der Waals surface area contributed by atoms with Gasteiger partial charge in [0.1, 0.15) is 5.75 Å². The normalized spacial score (nSPS) is 18.0. The summed E-state index contributed by atoms with van der Waals surface area (Å²) in [4.78, 5) is 24.2. The first-order chi connectivity index (χ1) is 12.8. The molecule has 2 aromatic rings. The highest BCUT2D eigenvalue weighted by Crippen LogP contribution is 2.23. The molecule has 0 unspecified atom stereocenters. The second-order valence-electron chi connectivity index (χ2n) is 6.43. The summed E-state index contributed by atoms with van der Waals surface area (Å²) in [5, 5.41) is 3.32. The molecule has 0 bridgehead atoms. The highest BCUT2D eigenvalue weighted by atomic mass is 35.5. The van der Waals surface area contributed by atoms with Gasteiger partial charge in [-0.2, -0.15) is 0 Å². The molecule has 3 rings (SSSR count). The lowest BCUT2D eigenvalue weighted by Gasteiger charge is -2.09. The number of carbonyl (C=O) groups is 2. The van der Waals surface area contributed by atoms with E-state index in [1.807, 2.05) is 0 Å². The van der Waals surface area contributed by atoms with E-state index in [9.17, 15) is 18.0 Å². The van der Waals surface area contributed by atoms with E-state index in [4.69, 9.17) is 16.3 Å². The van der Waals surface area contributed by atoms with Gasteiger partial charge in [-0.25, -0.2) is 8.42 Å². The fraction of sp³-hybridized carbons (Fsp3) is 0.263. The number of hydrogen-bond acceptors (Lipinski definition) is 5. The van der Waals surface area contributed by atoms with Crippen molar-refractivity contribution in [2.24, 2.45) is 5.92 Å². The highest BCUT2D eigenvalue weighted by Gasteiger charge is 2.30. The van der Waals surface area contributed by atoms with Crippen LogP contribution in [0.5, 0.6) is 5.75 Å². The minimum atomic E-state index is -3.02. The third kappa shape index (κ3) is 5.55. The van der Waals surface area contributed by atoms with Crippen LogP contribution < -0.4 is 10.1 Å². The van der Waals surface area contributed by atoms with Gasteiger partial charge in [0.25, 0.3) is 5.91 Å². The van der Waals surface area contributed by atoms with Crippen molar-refractivity contribution < 1.29 is 22.7 Å². The van der Waals surface area contributed by atoms with Gasteiger partial charge in [0.05, 0.1) is 11.5 Å². The van der Waals surface area contributed by atoms with Crippen molar-refractivity contribution in [2.75, 3.05) is 16.8 Å². The summed E-state index contributed by atoms with van der Waals surface area (Å²) in [6.45, 7) is 0. The Hall–Kier alpha value is -2.38. The second kappa shape index (κ2) is 8.10. The van der Waals surface area contributed by atoms with Gasteiger partial charge >= 0.3 is 5.97 Å². The topological polar surface area (TPSA) is 89.5 Å². The van der Waals surface area contributed by atoms with Crippen LogP contribution in [-0.2, 0) is 14.6 Å². The lowest BCUT2D eigenvalue weighted by Crippen LogP contribution is -2.15. The van der Waals surface area contributed by atoms with E-state index in [0.29, 0.717) is 28.4 Å². The minimum absolute atomic E-state index is 0.0336. The van der Waals surface area contributed by atoms with Crippen LogP contribution in [0.15, 0.2) is 48.5 Å². The molecule has 1 atom stereocenters. The van der Waals surface area contributed by atoms with Crippen LogP contribution in [0.1, 0.15) is 23.2 Å². The first-order valence-electron chi connectivity index (χ1n) is 8.39. The number of carbonyl (C=O) groups excluding carboxylic acids is 2. The van der Waals surface area contributed by atoms with Crippen LogP contribution in [0.3, 0.4) is 0 Å². The number of hydrogen-bond donors (Lipinski definition) is 1. The quantitative estimate of drug-likeness (QED) is 0.606. The average molecular weight is 408 g/mol. The van der Waals surface area contributed by atoms with Crippen LogP contribution in [0, 0.1) is 5.92 Å². The first-order valence-corrected chi connectivity index (χ1v) is 10.6. The summed E-state index contributed by atoms with van der Waals surface area (Å²) in [7, 11) is -3.02. The van der Waals surface area contributed by atoms with Gasteiger partial charge in [-0.3, -0.25) is 9.59 Å². The number of rotatable bonds is 5. The number of sulfone groups is 1. The fourth-order valence-electron chi connectivity index (χ4n) is 2.85. The SMILES string of the molecule is O=C(C[C@@H]1CCS(=O)(=O)C1)Oc1ccc(C(=O)Nc2ccc(Cl)cc2)cc1. The predicted octanol–water partition coefficient (Wildman–Crippen LogP) is 3.32. The monoisotopic (exact) mass is 407 g/mol. The number of nitrogens with one attached hydrogen (secondary N) is 1. The molecule has 0 radical (unpaired) electrons. The van der Waals surface area contributed by atoms with Crippen molar-refractivity contribution in [3.05, 3.63) is 59.1 Å². The summed E-state index contributed by atoms with van der Waals surface area (Å²) >= 11 is 5.81. The van der Waals surface area contributed by atoms with Gasteiger partial charge in [0, 0.05) is 22.7 Å². The summed E-state index contributed by atoms with van der Waals surface area (Å²) in [6, 6.07) is 12.9. The maximum Gasteiger partial charge on any atom is 0.311 e. The smallest absolute Gasteiger partial charge is 0.311 e. The Morgan fingerprint density at radius 2 is 1.74 bits per heavy atom. The average Bonchev–Trinajstić information content (AvgIpc) is 2.96. The largest absolute Gasteiger partial charge is 0.427 e. The lowest BCUT2D eigenvalue weighted by molar-refractivity contribution is -0.135. The van der Waals surface area contributed by atoms with Crippen LogP contribution in [0.25, 0.3) is 0 Å². The first kappa shape index (κ1) is 19.4. The van der Waals surface area contributed by atoms with Gasteiger partial charge in [-0.1, -0.05) is 11.6 Å². The predicted molar refractivity (Wildman–Crippen MR) is 103 cm³/mol. The van der Waals surface area contributed by atoms with Gasteiger partial charge in [-0.05, 0) is 60.9 Å². The number of ether oxygens (including phenoxy) is 1. The molecule has 1 heterocycles. The van der Waals surface area contributed by atoms with Crippen LogP contribution in [0.2, 0.25) is 5.02 Å². The second-order valence-corrected chi connectivity index (χ2v) is 9.10. The summed E-state index contributed by atoms with van der Waals surface area (Å²) in [5.74, 6) is -0.494. The third-order valence-corrected chi connectivity index (χ3v) is 6.32. The number of anilines is 1. The van der Waals surface area contributed by atoms with E-state index in [2.05, 4.69) is 5.32 Å². The Morgan fingerprint density at radius 1 is 1.07 bits per heavy atom. The molecule has 6 nitrogen and oxygen atoms in total. The molecule has 1 fully saturated rings.